The van der Waals surface area contributed by atoms with E-state index in [2.05, 4.69) is 44.7 Å². The van der Waals surface area contributed by atoms with Crippen molar-refractivity contribution >= 4 is 12.6 Å². The standard InChI is InChI=1S/C13H22S/c1-4-5-6-12(14)13(3)9-7-11(2)8-10-13/h4-6,11,14H,7-10H2,1-3H3/b5-4-,12-6-. The Hall–Kier alpha value is -0.170. The summed E-state index contributed by atoms with van der Waals surface area (Å²) in [4.78, 5) is 1.25. The van der Waals surface area contributed by atoms with Crippen LogP contribution >= 0.6 is 12.6 Å². The molecule has 0 aromatic carbocycles. The van der Waals surface area contributed by atoms with Crippen molar-refractivity contribution < 1.29 is 0 Å². The monoisotopic (exact) mass is 210 g/mol. The van der Waals surface area contributed by atoms with E-state index >= 15 is 0 Å². The van der Waals surface area contributed by atoms with Crippen LogP contribution in [-0.4, -0.2) is 0 Å². The molecule has 0 radical (unpaired) electrons. The maximum absolute atomic E-state index is 4.63. The van der Waals surface area contributed by atoms with E-state index in [1.54, 1.807) is 0 Å². The first kappa shape index (κ1) is 11.9. The number of hydrogen-bond donors (Lipinski definition) is 1. The van der Waals surface area contributed by atoms with Gasteiger partial charge in [0.15, 0.2) is 0 Å². The molecule has 1 aliphatic carbocycles. The van der Waals surface area contributed by atoms with Crippen molar-refractivity contribution in [3.63, 3.8) is 0 Å². The molecule has 0 nitrogen and oxygen atoms in total. The van der Waals surface area contributed by atoms with Crippen molar-refractivity contribution in [1.29, 1.82) is 0 Å². The summed E-state index contributed by atoms with van der Waals surface area (Å²) < 4.78 is 0. The summed E-state index contributed by atoms with van der Waals surface area (Å²) in [5.41, 5.74) is 0.342. The largest absolute Gasteiger partial charge is 0.147 e. The van der Waals surface area contributed by atoms with E-state index < -0.39 is 0 Å². The van der Waals surface area contributed by atoms with Gasteiger partial charge in [0.05, 0.1) is 0 Å². The summed E-state index contributed by atoms with van der Waals surface area (Å²) in [5.74, 6) is 0.908. The molecule has 0 aromatic rings. The summed E-state index contributed by atoms with van der Waals surface area (Å²) in [6.45, 7) is 6.75. The molecule has 0 atom stereocenters. The highest BCUT2D eigenvalue weighted by Crippen LogP contribution is 2.45. The molecule has 0 heterocycles. The first-order valence-corrected chi connectivity index (χ1v) is 6.05. The van der Waals surface area contributed by atoms with Crippen LogP contribution in [0.5, 0.6) is 0 Å². The zero-order valence-corrected chi connectivity index (χ0v) is 10.5. The van der Waals surface area contributed by atoms with Gasteiger partial charge in [-0.2, -0.15) is 0 Å². The highest BCUT2D eigenvalue weighted by molar-refractivity contribution is 7.84. The van der Waals surface area contributed by atoms with Crippen molar-refractivity contribution in [2.24, 2.45) is 11.3 Å². The Morgan fingerprint density at radius 1 is 1.36 bits per heavy atom. The van der Waals surface area contributed by atoms with Crippen LogP contribution in [0.3, 0.4) is 0 Å². The molecule has 0 bridgehead atoms. The molecule has 1 rings (SSSR count). The lowest BCUT2D eigenvalue weighted by Gasteiger charge is -2.36. The minimum absolute atomic E-state index is 0.342. The second kappa shape index (κ2) is 5.06. The van der Waals surface area contributed by atoms with Crippen molar-refractivity contribution in [2.75, 3.05) is 0 Å². The van der Waals surface area contributed by atoms with Gasteiger partial charge in [0, 0.05) is 0 Å². The Morgan fingerprint density at radius 3 is 2.43 bits per heavy atom. The summed E-state index contributed by atoms with van der Waals surface area (Å²) in [5, 5.41) is 0. The SMILES string of the molecule is C/C=C\C=C(/S)C1(C)CCC(C)CC1. The van der Waals surface area contributed by atoms with Gasteiger partial charge in [0.2, 0.25) is 0 Å². The van der Waals surface area contributed by atoms with Gasteiger partial charge >= 0.3 is 0 Å². The van der Waals surface area contributed by atoms with Gasteiger partial charge in [-0.05, 0) is 48.8 Å². The lowest BCUT2D eigenvalue weighted by Crippen LogP contribution is -2.23. The van der Waals surface area contributed by atoms with E-state index in [0.717, 1.165) is 5.92 Å². The number of allylic oxidation sites excluding steroid dienone is 4. The molecule has 1 saturated carbocycles. The zero-order chi connectivity index (χ0) is 10.6. The predicted molar refractivity (Wildman–Crippen MR) is 67.6 cm³/mol. The normalized spacial score (nSPS) is 35.1. The molecule has 0 unspecified atom stereocenters. The molecule has 1 heteroatoms. The van der Waals surface area contributed by atoms with Crippen molar-refractivity contribution in [3.8, 4) is 0 Å². The molecule has 0 aromatic heterocycles. The number of rotatable bonds is 2. The smallest absolute Gasteiger partial charge is 0.00178 e. The van der Waals surface area contributed by atoms with Crippen LogP contribution in [0.4, 0.5) is 0 Å². The third kappa shape index (κ3) is 2.91. The molecule has 1 aliphatic rings. The van der Waals surface area contributed by atoms with Crippen LogP contribution < -0.4 is 0 Å². The Labute approximate surface area is 93.9 Å². The quantitative estimate of drug-likeness (QED) is 0.500. The van der Waals surface area contributed by atoms with E-state index in [4.69, 9.17) is 0 Å². The average Bonchev–Trinajstić information content (AvgIpc) is 2.19. The van der Waals surface area contributed by atoms with E-state index in [1.165, 1.54) is 30.6 Å². The minimum atomic E-state index is 0.342. The highest BCUT2D eigenvalue weighted by atomic mass is 32.1. The molecule has 0 spiro atoms. The fourth-order valence-corrected chi connectivity index (χ4v) is 2.35. The van der Waals surface area contributed by atoms with Gasteiger partial charge in [-0.1, -0.05) is 32.1 Å². The predicted octanol–water partition coefficient (Wildman–Crippen LogP) is 4.59. The fourth-order valence-electron chi connectivity index (χ4n) is 2.04. The molecule has 0 amide bonds. The molecule has 0 saturated heterocycles. The maximum atomic E-state index is 4.63. The van der Waals surface area contributed by atoms with Crippen LogP contribution in [-0.2, 0) is 0 Å². The van der Waals surface area contributed by atoms with Crippen LogP contribution in [0.1, 0.15) is 46.5 Å². The zero-order valence-electron chi connectivity index (χ0n) is 9.59. The Bertz CT molecular complexity index is 230. The Morgan fingerprint density at radius 2 is 1.93 bits per heavy atom. The average molecular weight is 210 g/mol. The summed E-state index contributed by atoms with van der Waals surface area (Å²) in [6, 6.07) is 0. The fraction of sp³-hybridized carbons (Fsp3) is 0.692. The molecule has 1 fully saturated rings. The van der Waals surface area contributed by atoms with Gasteiger partial charge in [-0.25, -0.2) is 0 Å². The molecular formula is C13H22S. The van der Waals surface area contributed by atoms with Crippen molar-refractivity contribution in [2.45, 2.75) is 46.5 Å². The van der Waals surface area contributed by atoms with Gasteiger partial charge in [0.25, 0.3) is 0 Å². The van der Waals surface area contributed by atoms with Crippen LogP contribution in [0, 0.1) is 11.3 Å². The first-order chi connectivity index (χ1) is 6.58. The second-order valence-electron chi connectivity index (χ2n) is 4.82. The summed E-state index contributed by atoms with van der Waals surface area (Å²) in [7, 11) is 0. The van der Waals surface area contributed by atoms with Crippen molar-refractivity contribution in [1.82, 2.24) is 0 Å². The van der Waals surface area contributed by atoms with Crippen LogP contribution in [0.2, 0.25) is 0 Å². The number of thiol groups is 1. The maximum Gasteiger partial charge on any atom is -0.00178 e. The molecule has 0 N–H and O–H groups in total. The van der Waals surface area contributed by atoms with Crippen molar-refractivity contribution in [3.05, 3.63) is 23.1 Å². The molecule has 14 heavy (non-hydrogen) atoms. The van der Waals surface area contributed by atoms with Gasteiger partial charge in [0.1, 0.15) is 0 Å². The third-order valence-electron chi connectivity index (χ3n) is 3.44. The Kier molecular flexibility index (Phi) is 4.31. The first-order valence-electron chi connectivity index (χ1n) is 5.61. The second-order valence-corrected chi connectivity index (χ2v) is 5.30. The van der Waals surface area contributed by atoms with E-state index in [9.17, 15) is 0 Å². The topological polar surface area (TPSA) is 0 Å². The van der Waals surface area contributed by atoms with E-state index in [1.807, 2.05) is 6.92 Å². The molecule has 0 aliphatic heterocycles. The summed E-state index contributed by atoms with van der Waals surface area (Å²) in [6.07, 6.45) is 11.6. The number of hydrogen-bond acceptors (Lipinski definition) is 1. The van der Waals surface area contributed by atoms with E-state index in [0.29, 0.717) is 5.41 Å². The van der Waals surface area contributed by atoms with Gasteiger partial charge in [-0.15, -0.1) is 12.6 Å². The lowest BCUT2D eigenvalue weighted by atomic mass is 9.72. The van der Waals surface area contributed by atoms with Gasteiger partial charge in [-0.3, -0.25) is 0 Å². The van der Waals surface area contributed by atoms with Gasteiger partial charge < -0.3 is 0 Å². The summed E-state index contributed by atoms with van der Waals surface area (Å²) >= 11 is 4.63. The lowest BCUT2D eigenvalue weighted by molar-refractivity contribution is 0.230. The third-order valence-corrected chi connectivity index (χ3v) is 4.13. The molecular weight excluding hydrogens is 188 g/mol. The van der Waals surface area contributed by atoms with E-state index in [-0.39, 0.29) is 0 Å². The molecule has 80 valence electrons. The van der Waals surface area contributed by atoms with Crippen LogP contribution in [0.25, 0.3) is 0 Å². The highest BCUT2D eigenvalue weighted by Gasteiger charge is 2.31. The van der Waals surface area contributed by atoms with Crippen LogP contribution in [0.15, 0.2) is 23.1 Å². The Balaban J connectivity index is 2.65. The minimum Gasteiger partial charge on any atom is -0.147 e.